The fourth-order valence-electron chi connectivity index (χ4n) is 1.67. The van der Waals surface area contributed by atoms with Crippen molar-refractivity contribution in [2.75, 3.05) is 10.6 Å². The van der Waals surface area contributed by atoms with Crippen LogP contribution in [0.5, 0.6) is 0 Å². The lowest BCUT2D eigenvalue weighted by Gasteiger charge is -2.07. The number of primary amides is 1. The van der Waals surface area contributed by atoms with Gasteiger partial charge in [-0.1, -0.05) is 0 Å². The number of amides is 3. The van der Waals surface area contributed by atoms with Gasteiger partial charge in [0.25, 0.3) is 5.91 Å². The van der Waals surface area contributed by atoms with E-state index in [0.29, 0.717) is 17.1 Å². The van der Waals surface area contributed by atoms with E-state index in [2.05, 4.69) is 10.6 Å². The molecule has 0 aliphatic heterocycles. The Bertz CT molecular complexity index is 601. The van der Waals surface area contributed by atoms with E-state index in [9.17, 15) is 9.59 Å². The Hall–Kier alpha value is -2.76. The van der Waals surface area contributed by atoms with E-state index in [4.69, 9.17) is 5.73 Å². The van der Waals surface area contributed by atoms with Gasteiger partial charge in [0.05, 0.1) is 0 Å². The van der Waals surface area contributed by atoms with Crippen molar-refractivity contribution in [1.29, 1.82) is 0 Å². The molecule has 1 heterocycles. The van der Waals surface area contributed by atoms with Crippen LogP contribution in [0.4, 0.5) is 16.2 Å². The number of urea groups is 1. The number of nitrogens with two attached hydrogens (primary N) is 1. The van der Waals surface area contributed by atoms with Gasteiger partial charge in [-0.2, -0.15) is 0 Å². The van der Waals surface area contributed by atoms with Crippen molar-refractivity contribution < 1.29 is 9.59 Å². The number of nitrogens with one attached hydrogen (secondary N) is 2. The first-order valence-corrected chi connectivity index (χ1v) is 5.65. The van der Waals surface area contributed by atoms with Crippen LogP contribution in [0.15, 0.2) is 42.6 Å². The van der Waals surface area contributed by atoms with E-state index < -0.39 is 6.03 Å². The summed E-state index contributed by atoms with van der Waals surface area (Å²) < 4.78 is 1.73. The van der Waals surface area contributed by atoms with Gasteiger partial charge in [-0.15, -0.1) is 0 Å². The molecule has 2 rings (SSSR count). The van der Waals surface area contributed by atoms with Crippen molar-refractivity contribution in [2.24, 2.45) is 12.8 Å². The quantitative estimate of drug-likeness (QED) is 0.783. The minimum Gasteiger partial charge on any atom is -0.351 e. The normalized spacial score (nSPS) is 9.95. The monoisotopic (exact) mass is 258 g/mol. The first-order chi connectivity index (χ1) is 9.06. The maximum absolute atomic E-state index is 11.9. The Labute approximate surface area is 110 Å². The smallest absolute Gasteiger partial charge is 0.316 e. The molecule has 0 fully saturated rings. The molecule has 2 aromatic rings. The van der Waals surface area contributed by atoms with Crippen molar-refractivity contribution in [2.45, 2.75) is 0 Å². The molecular weight excluding hydrogens is 244 g/mol. The SMILES string of the molecule is Cn1cccc1C(=O)Nc1ccc(NC(N)=O)cc1. The van der Waals surface area contributed by atoms with Crippen LogP contribution in [0.25, 0.3) is 0 Å². The molecule has 98 valence electrons. The Balaban J connectivity index is 2.06. The number of rotatable bonds is 3. The van der Waals surface area contributed by atoms with Gasteiger partial charge in [0, 0.05) is 24.6 Å². The summed E-state index contributed by atoms with van der Waals surface area (Å²) in [5.41, 5.74) is 6.78. The maximum atomic E-state index is 11.9. The Kier molecular flexibility index (Phi) is 3.51. The molecule has 0 saturated heterocycles. The van der Waals surface area contributed by atoms with Gasteiger partial charge in [0.1, 0.15) is 5.69 Å². The molecule has 0 atom stereocenters. The minimum absolute atomic E-state index is 0.192. The molecule has 6 nitrogen and oxygen atoms in total. The number of benzene rings is 1. The van der Waals surface area contributed by atoms with Crippen molar-refractivity contribution in [3.8, 4) is 0 Å². The molecule has 0 saturated carbocycles. The second-order valence-corrected chi connectivity index (χ2v) is 4.03. The first-order valence-electron chi connectivity index (χ1n) is 5.65. The highest BCUT2D eigenvalue weighted by atomic mass is 16.2. The van der Waals surface area contributed by atoms with Gasteiger partial charge in [-0.05, 0) is 36.4 Å². The molecule has 0 bridgehead atoms. The summed E-state index contributed by atoms with van der Waals surface area (Å²) in [6.45, 7) is 0. The number of carbonyl (C=O) groups is 2. The molecule has 1 aromatic carbocycles. The summed E-state index contributed by atoms with van der Waals surface area (Å²) >= 11 is 0. The first kappa shape index (κ1) is 12.7. The molecule has 0 unspecified atom stereocenters. The van der Waals surface area contributed by atoms with Crippen LogP contribution in [-0.4, -0.2) is 16.5 Å². The van der Waals surface area contributed by atoms with E-state index in [-0.39, 0.29) is 5.91 Å². The van der Waals surface area contributed by atoms with E-state index in [1.807, 2.05) is 0 Å². The largest absolute Gasteiger partial charge is 0.351 e. The maximum Gasteiger partial charge on any atom is 0.316 e. The second-order valence-electron chi connectivity index (χ2n) is 4.03. The van der Waals surface area contributed by atoms with E-state index in [1.54, 1.807) is 54.2 Å². The fourth-order valence-corrected chi connectivity index (χ4v) is 1.67. The van der Waals surface area contributed by atoms with Gasteiger partial charge < -0.3 is 20.9 Å². The molecule has 0 aliphatic rings. The van der Waals surface area contributed by atoms with Crippen LogP contribution in [0.2, 0.25) is 0 Å². The minimum atomic E-state index is -0.624. The summed E-state index contributed by atoms with van der Waals surface area (Å²) in [6.07, 6.45) is 1.80. The summed E-state index contributed by atoms with van der Waals surface area (Å²) in [5, 5.41) is 5.21. The number of aryl methyl sites for hydroxylation is 1. The van der Waals surface area contributed by atoms with E-state index in [0.717, 1.165) is 0 Å². The van der Waals surface area contributed by atoms with Gasteiger partial charge in [0.2, 0.25) is 0 Å². The van der Waals surface area contributed by atoms with Crippen molar-refractivity contribution in [3.63, 3.8) is 0 Å². The van der Waals surface area contributed by atoms with Crippen LogP contribution in [-0.2, 0) is 7.05 Å². The Morgan fingerprint density at radius 2 is 1.63 bits per heavy atom. The lowest BCUT2D eigenvalue weighted by atomic mass is 10.2. The molecule has 19 heavy (non-hydrogen) atoms. The lowest BCUT2D eigenvalue weighted by molar-refractivity contribution is 0.101. The number of carbonyl (C=O) groups excluding carboxylic acids is 2. The third-order valence-electron chi connectivity index (χ3n) is 2.59. The summed E-state index contributed by atoms with van der Waals surface area (Å²) in [4.78, 5) is 22.6. The number of anilines is 2. The highest BCUT2D eigenvalue weighted by Gasteiger charge is 2.08. The van der Waals surface area contributed by atoms with Crippen LogP contribution in [0, 0.1) is 0 Å². The standard InChI is InChI=1S/C13H14N4O2/c1-17-8-2-3-11(17)12(18)15-9-4-6-10(7-5-9)16-13(14)19/h2-8H,1H3,(H,15,18)(H3,14,16,19). The van der Waals surface area contributed by atoms with Crippen molar-refractivity contribution >= 4 is 23.3 Å². The van der Waals surface area contributed by atoms with Crippen LogP contribution >= 0.6 is 0 Å². The molecule has 6 heteroatoms. The summed E-state index contributed by atoms with van der Waals surface area (Å²) in [6, 6.07) is 9.60. The van der Waals surface area contributed by atoms with Gasteiger partial charge in [-0.3, -0.25) is 4.79 Å². The molecule has 0 aliphatic carbocycles. The van der Waals surface area contributed by atoms with Gasteiger partial charge in [-0.25, -0.2) is 4.79 Å². The zero-order chi connectivity index (χ0) is 13.8. The fraction of sp³-hybridized carbons (Fsp3) is 0.0769. The average molecular weight is 258 g/mol. The zero-order valence-corrected chi connectivity index (χ0v) is 10.4. The Morgan fingerprint density at radius 3 is 2.11 bits per heavy atom. The topological polar surface area (TPSA) is 89.2 Å². The van der Waals surface area contributed by atoms with Crippen molar-refractivity contribution in [1.82, 2.24) is 4.57 Å². The number of aromatic nitrogens is 1. The van der Waals surface area contributed by atoms with Crippen LogP contribution < -0.4 is 16.4 Å². The molecule has 3 amide bonds. The van der Waals surface area contributed by atoms with Gasteiger partial charge >= 0.3 is 6.03 Å². The predicted molar refractivity (Wildman–Crippen MR) is 73.0 cm³/mol. The van der Waals surface area contributed by atoms with Crippen LogP contribution in [0.1, 0.15) is 10.5 Å². The average Bonchev–Trinajstić information content (AvgIpc) is 2.77. The number of nitrogens with zero attached hydrogens (tertiary/aromatic N) is 1. The third kappa shape index (κ3) is 3.12. The molecule has 1 aromatic heterocycles. The zero-order valence-electron chi connectivity index (χ0n) is 10.4. The number of hydrogen-bond donors (Lipinski definition) is 3. The highest BCUT2D eigenvalue weighted by molar-refractivity contribution is 6.03. The lowest BCUT2D eigenvalue weighted by Crippen LogP contribution is -2.19. The summed E-state index contributed by atoms with van der Waals surface area (Å²) in [7, 11) is 1.80. The molecule has 0 radical (unpaired) electrons. The van der Waals surface area contributed by atoms with E-state index >= 15 is 0 Å². The van der Waals surface area contributed by atoms with E-state index in [1.165, 1.54) is 0 Å². The predicted octanol–water partition coefficient (Wildman–Crippen LogP) is 1.77. The van der Waals surface area contributed by atoms with Crippen molar-refractivity contribution in [3.05, 3.63) is 48.3 Å². The van der Waals surface area contributed by atoms with Crippen LogP contribution in [0.3, 0.4) is 0 Å². The molecule has 0 spiro atoms. The Morgan fingerprint density at radius 1 is 1.05 bits per heavy atom. The molecule has 4 N–H and O–H groups in total. The number of hydrogen-bond acceptors (Lipinski definition) is 2. The highest BCUT2D eigenvalue weighted by Crippen LogP contribution is 2.14. The summed E-state index contributed by atoms with van der Waals surface area (Å²) in [5.74, 6) is -0.192. The molecular formula is C13H14N4O2. The van der Waals surface area contributed by atoms with Gasteiger partial charge in [0.15, 0.2) is 0 Å². The third-order valence-corrected chi connectivity index (χ3v) is 2.59. The second kappa shape index (κ2) is 5.26.